The van der Waals surface area contributed by atoms with Crippen molar-refractivity contribution in [2.24, 2.45) is 0 Å². The Labute approximate surface area is 263 Å². The molecule has 0 radical (unpaired) electrons. The van der Waals surface area contributed by atoms with Gasteiger partial charge in [0.1, 0.15) is 18.2 Å². The molecule has 2 aromatic heterocycles. The van der Waals surface area contributed by atoms with Gasteiger partial charge in [-0.2, -0.15) is 0 Å². The van der Waals surface area contributed by atoms with E-state index < -0.39 is 29.7 Å². The first-order chi connectivity index (χ1) is 22.4. The third-order valence-electron chi connectivity index (χ3n) is 8.38. The lowest BCUT2D eigenvalue weighted by molar-refractivity contribution is -0.136. The molecule has 2 aliphatic rings. The topological polar surface area (TPSA) is 140 Å². The minimum absolute atomic E-state index is 0.0695. The zero-order valence-electron chi connectivity index (χ0n) is 24.7. The second kappa shape index (κ2) is 12.0. The average Bonchev–Trinajstić information content (AvgIpc) is 3.51. The average molecular weight is 616 g/mol. The number of benzene rings is 3. The number of hydrogen-bond acceptors (Lipinski definition) is 7. The highest BCUT2D eigenvalue weighted by molar-refractivity contribution is 6.23. The first kappa shape index (κ1) is 29.1. The Bertz CT molecular complexity index is 2000. The van der Waals surface area contributed by atoms with Gasteiger partial charge in [-0.1, -0.05) is 48.5 Å². The molecule has 11 heteroatoms. The second-order valence-corrected chi connectivity index (χ2v) is 11.4. The van der Waals surface area contributed by atoms with E-state index in [1.807, 2.05) is 65.2 Å². The van der Waals surface area contributed by atoms with E-state index >= 15 is 0 Å². The number of hydrogen-bond donors (Lipinski definition) is 2. The van der Waals surface area contributed by atoms with E-state index in [1.165, 1.54) is 0 Å². The van der Waals surface area contributed by atoms with Crippen LogP contribution in [-0.2, 0) is 45.4 Å². The molecular weight excluding hydrogens is 586 g/mol. The number of piperidine rings is 1. The van der Waals surface area contributed by atoms with E-state index in [-0.39, 0.29) is 43.0 Å². The molecule has 0 saturated carbocycles. The summed E-state index contributed by atoms with van der Waals surface area (Å²) in [7, 11) is 0. The van der Waals surface area contributed by atoms with E-state index in [0.717, 1.165) is 38.0 Å². The zero-order valence-corrected chi connectivity index (χ0v) is 24.7. The lowest BCUT2D eigenvalue weighted by atomic mass is 10.0. The van der Waals surface area contributed by atoms with Crippen molar-refractivity contribution in [2.45, 2.75) is 45.2 Å². The fourth-order valence-corrected chi connectivity index (χ4v) is 6.08. The van der Waals surface area contributed by atoms with Crippen LogP contribution in [-0.4, -0.2) is 50.0 Å². The molecule has 5 amide bonds. The summed E-state index contributed by atoms with van der Waals surface area (Å²) in [5, 5.41) is 7.27. The van der Waals surface area contributed by atoms with Crippen molar-refractivity contribution < 1.29 is 28.7 Å². The summed E-state index contributed by atoms with van der Waals surface area (Å²) in [6.07, 6.45) is 1.91. The van der Waals surface area contributed by atoms with Crippen LogP contribution in [0.5, 0.6) is 0 Å². The number of carbonyl (C=O) groups excluding carboxylic acids is 5. The summed E-state index contributed by atoms with van der Waals surface area (Å²) >= 11 is 0. The number of nitrogens with one attached hydrogen (secondary N) is 2. The van der Waals surface area contributed by atoms with Crippen molar-refractivity contribution in [2.75, 3.05) is 0 Å². The normalized spacial score (nSPS) is 16.3. The second-order valence-electron chi connectivity index (χ2n) is 11.4. The number of nitrogens with zero attached hydrogens (tertiary/aromatic N) is 3. The van der Waals surface area contributed by atoms with Crippen LogP contribution in [0.1, 0.15) is 50.2 Å². The van der Waals surface area contributed by atoms with Gasteiger partial charge in [-0.3, -0.25) is 34.2 Å². The van der Waals surface area contributed by atoms with E-state index in [1.54, 1.807) is 24.4 Å². The van der Waals surface area contributed by atoms with Gasteiger partial charge in [0.15, 0.2) is 0 Å². The summed E-state index contributed by atoms with van der Waals surface area (Å²) in [4.78, 5) is 68.1. The molecule has 0 bridgehead atoms. The minimum Gasteiger partial charge on any atom is -0.372 e. The molecule has 1 fully saturated rings. The highest BCUT2D eigenvalue weighted by atomic mass is 16.5. The van der Waals surface area contributed by atoms with Crippen molar-refractivity contribution in [3.8, 4) is 0 Å². The number of ether oxygens (including phenoxy) is 1. The Hall–Kier alpha value is -5.68. The molecule has 1 unspecified atom stereocenters. The Kier molecular flexibility index (Phi) is 7.59. The Morgan fingerprint density at radius 2 is 1.57 bits per heavy atom. The highest BCUT2D eigenvalue weighted by Crippen LogP contribution is 2.29. The number of fused-ring (bicyclic) bond motifs is 4. The predicted octanol–water partition coefficient (Wildman–Crippen LogP) is 3.62. The van der Waals surface area contributed by atoms with Crippen molar-refractivity contribution in [3.05, 3.63) is 113 Å². The minimum atomic E-state index is -1.00. The highest BCUT2D eigenvalue weighted by Gasteiger charge is 2.44. The zero-order chi connectivity index (χ0) is 31.8. The summed E-state index contributed by atoms with van der Waals surface area (Å²) in [5.74, 6) is -2.26. The number of carbonyl (C=O) groups is 5. The summed E-state index contributed by atoms with van der Waals surface area (Å²) < 4.78 is 7.81. The van der Waals surface area contributed by atoms with Crippen molar-refractivity contribution in [1.29, 1.82) is 0 Å². The summed E-state index contributed by atoms with van der Waals surface area (Å²) in [6.45, 7) is 1.06. The van der Waals surface area contributed by atoms with Gasteiger partial charge in [0.2, 0.25) is 17.7 Å². The molecule has 4 heterocycles. The van der Waals surface area contributed by atoms with Crippen LogP contribution in [0, 0.1) is 0 Å². The molecular formula is C35H29N5O6. The number of para-hydroxylation sites is 1. The van der Waals surface area contributed by atoms with Crippen LogP contribution < -0.4 is 10.6 Å². The molecule has 3 aromatic carbocycles. The van der Waals surface area contributed by atoms with E-state index in [9.17, 15) is 24.0 Å². The summed E-state index contributed by atoms with van der Waals surface area (Å²) in [5.41, 5.74) is 4.78. The fraction of sp³-hybridized carbons (Fsp3) is 0.200. The lowest BCUT2D eigenvalue weighted by Gasteiger charge is -2.27. The standard InChI is InChI=1S/C35H29N5O6/c41-30-14-13-29(33(43)38-30)40-34(44)26-12-11-23(16-27(26)35(40)45)20-46-19-22-9-7-21(8-10-22)17-37-31(42)18-39-28-6-2-1-4-24(28)25-5-3-15-36-32(25)39/h1-12,15-16,29H,13-14,17-20H2,(H,37,42)(H,38,41,43). The molecule has 230 valence electrons. The Morgan fingerprint density at radius 1 is 0.848 bits per heavy atom. The molecule has 1 saturated heterocycles. The predicted molar refractivity (Wildman–Crippen MR) is 167 cm³/mol. The molecule has 11 nitrogen and oxygen atoms in total. The quantitative estimate of drug-likeness (QED) is 0.242. The number of aromatic nitrogens is 2. The fourth-order valence-electron chi connectivity index (χ4n) is 6.08. The van der Waals surface area contributed by atoms with E-state index in [2.05, 4.69) is 15.6 Å². The maximum absolute atomic E-state index is 13.1. The third-order valence-corrected chi connectivity index (χ3v) is 8.38. The van der Waals surface area contributed by atoms with Crippen molar-refractivity contribution in [3.63, 3.8) is 0 Å². The first-order valence-corrected chi connectivity index (χ1v) is 15.0. The van der Waals surface area contributed by atoms with Crippen LogP contribution >= 0.6 is 0 Å². The van der Waals surface area contributed by atoms with Gasteiger partial charge < -0.3 is 14.6 Å². The van der Waals surface area contributed by atoms with Gasteiger partial charge in [-0.05, 0) is 53.4 Å². The maximum Gasteiger partial charge on any atom is 0.262 e. The molecule has 7 rings (SSSR count). The van der Waals surface area contributed by atoms with E-state index in [0.29, 0.717) is 18.7 Å². The van der Waals surface area contributed by atoms with Crippen molar-refractivity contribution >= 4 is 51.5 Å². The number of rotatable bonds is 9. The molecule has 0 aliphatic carbocycles. The Morgan fingerprint density at radius 3 is 2.39 bits per heavy atom. The smallest absolute Gasteiger partial charge is 0.262 e. The Balaban J connectivity index is 0.920. The summed E-state index contributed by atoms with van der Waals surface area (Å²) in [6, 6.07) is 23.5. The maximum atomic E-state index is 13.1. The van der Waals surface area contributed by atoms with Gasteiger partial charge in [-0.25, -0.2) is 4.98 Å². The van der Waals surface area contributed by atoms with Gasteiger partial charge >= 0.3 is 0 Å². The monoisotopic (exact) mass is 615 g/mol. The third kappa shape index (κ3) is 5.41. The first-order valence-electron chi connectivity index (χ1n) is 15.0. The molecule has 2 N–H and O–H groups in total. The largest absolute Gasteiger partial charge is 0.372 e. The van der Waals surface area contributed by atoms with Crippen LogP contribution in [0.2, 0.25) is 0 Å². The molecule has 5 aromatic rings. The van der Waals surface area contributed by atoms with Crippen LogP contribution in [0.3, 0.4) is 0 Å². The van der Waals surface area contributed by atoms with Crippen LogP contribution in [0.4, 0.5) is 0 Å². The molecule has 1 atom stereocenters. The van der Waals surface area contributed by atoms with E-state index in [4.69, 9.17) is 4.74 Å². The van der Waals surface area contributed by atoms with Gasteiger partial charge in [-0.15, -0.1) is 0 Å². The molecule has 2 aliphatic heterocycles. The number of pyridine rings is 1. The van der Waals surface area contributed by atoms with Crippen molar-refractivity contribution in [1.82, 2.24) is 25.1 Å². The number of amides is 5. The van der Waals surface area contributed by atoms with Gasteiger partial charge in [0, 0.05) is 29.9 Å². The van der Waals surface area contributed by atoms with Gasteiger partial charge in [0.05, 0.1) is 29.9 Å². The molecule has 0 spiro atoms. The van der Waals surface area contributed by atoms with Gasteiger partial charge in [0.25, 0.3) is 11.8 Å². The SMILES string of the molecule is O=C(Cn1c2ccccc2c2cccnc21)NCc1ccc(COCc2ccc3c(c2)C(=O)N(C2CCC(=O)NC2=O)C3=O)cc1. The molecule has 46 heavy (non-hydrogen) atoms. The number of imide groups is 2. The van der Waals surface area contributed by atoms with Crippen LogP contribution in [0.15, 0.2) is 85.1 Å². The lowest BCUT2D eigenvalue weighted by Crippen LogP contribution is -2.54. The van der Waals surface area contributed by atoms with Crippen LogP contribution in [0.25, 0.3) is 21.9 Å².